The van der Waals surface area contributed by atoms with E-state index in [0.29, 0.717) is 16.9 Å². The van der Waals surface area contributed by atoms with Gasteiger partial charge >= 0.3 is 0 Å². The number of anilines is 2. The Morgan fingerprint density at radius 2 is 1.91 bits per heavy atom. The third-order valence-electron chi connectivity index (χ3n) is 1.35. The van der Waals surface area contributed by atoms with Crippen molar-refractivity contribution in [2.75, 3.05) is 11.5 Å². The van der Waals surface area contributed by atoms with Gasteiger partial charge in [0.15, 0.2) is 0 Å². The molecule has 0 radical (unpaired) electrons. The molecule has 56 valence electrons. The number of hydrogen-bond acceptors (Lipinski definition) is 3. The van der Waals surface area contributed by atoms with Gasteiger partial charge < -0.3 is 17.2 Å². The van der Waals surface area contributed by atoms with Crippen LogP contribution in [0.2, 0.25) is 0 Å². The van der Waals surface area contributed by atoms with E-state index in [1.165, 1.54) is 0 Å². The highest BCUT2D eigenvalue weighted by Gasteiger charge is 1.96. The summed E-state index contributed by atoms with van der Waals surface area (Å²) in [5.74, 6) is 2.64. The van der Waals surface area contributed by atoms with Crippen LogP contribution in [0.3, 0.4) is 0 Å². The van der Waals surface area contributed by atoms with Gasteiger partial charge in [-0.25, -0.2) is 0 Å². The zero-order valence-corrected chi connectivity index (χ0v) is 5.96. The van der Waals surface area contributed by atoms with E-state index < -0.39 is 0 Å². The van der Waals surface area contributed by atoms with Crippen molar-refractivity contribution in [3.05, 3.63) is 23.8 Å². The first kappa shape index (κ1) is 7.29. The predicted octanol–water partition coefficient (Wildman–Crippen LogP) is 0.119. The fraction of sp³-hybridized carbons (Fsp3) is 0. The highest BCUT2D eigenvalue weighted by Crippen LogP contribution is 2.17. The molecule has 3 nitrogen and oxygen atoms in total. The Kier molecular flexibility index (Phi) is 1.88. The van der Waals surface area contributed by atoms with Crippen LogP contribution in [0.1, 0.15) is 5.56 Å². The summed E-state index contributed by atoms with van der Waals surface area (Å²) in [5.41, 5.74) is 17.8. The second-order valence-electron chi connectivity index (χ2n) is 2.08. The first-order valence-electron chi connectivity index (χ1n) is 3.11. The molecule has 11 heavy (non-hydrogen) atoms. The molecule has 0 fully saturated rings. The molecule has 1 rings (SSSR count). The Morgan fingerprint density at radius 3 is 2.55 bits per heavy atom. The molecule has 0 aromatic heterocycles. The smallest absolute Gasteiger partial charge is 0.0707 e. The van der Waals surface area contributed by atoms with E-state index in [1.807, 2.05) is 0 Å². The molecule has 0 bridgehead atoms. The van der Waals surface area contributed by atoms with Crippen LogP contribution < -0.4 is 17.2 Å². The topological polar surface area (TPSA) is 78.1 Å². The van der Waals surface area contributed by atoms with Crippen LogP contribution in [0.25, 0.3) is 0 Å². The Hall–Kier alpha value is -1.82. The molecule has 1 aromatic rings. The Morgan fingerprint density at radius 1 is 1.18 bits per heavy atom. The number of benzene rings is 1. The number of para-hydroxylation sites is 1. The van der Waals surface area contributed by atoms with Gasteiger partial charge in [0.1, 0.15) is 0 Å². The van der Waals surface area contributed by atoms with E-state index in [2.05, 4.69) is 12.0 Å². The van der Waals surface area contributed by atoms with Crippen LogP contribution in [-0.2, 0) is 0 Å². The Balaban J connectivity index is 3.23. The number of nitrogen functional groups attached to an aromatic ring is 2. The second-order valence-corrected chi connectivity index (χ2v) is 2.08. The SMILES string of the molecule is NC#Cc1cccc(N)c1N. The van der Waals surface area contributed by atoms with Crippen LogP contribution >= 0.6 is 0 Å². The molecule has 0 spiro atoms. The van der Waals surface area contributed by atoms with Gasteiger partial charge in [0.05, 0.1) is 16.9 Å². The number of rotatable bonds is 0. The van der Waals surface area contributed by atoms with Crippen molar-refractivity contribution >= 4 is 11.4 Å². The van der Waals surface area contributed by atoms with Crippen molar-refractivity contribution in [1.29, 1.82) is 0 Å². The molecular weight excluding hydrogens is 138 g/mol. The van der Waals surface area contributed by atoms with E-state index >= 15 is 0 Å². The van der Waals surface area contributed by atoms with Gasteiger partial charge in [-0.2, -0.15) is 0 Å². The van der Waals surface area contributed by atoms with E-state index in [4.69, 9.17) is 17.2 Å². The monoisotopic (exact) mass is 147 g/mol. The molecule has 1 aromatic carbocycles. The van der Waals surface area contributed by atoms with Crippen LogP contribution in [0.5, 0.6) is 0 Å². The first-order chi connectivity index (χ1) is 5.25. The molecule has 0 saturated carbocycles. The van der Waals surface area contributed by atoms with Crippen LogP contribution in [0.4, 0.5) is 11.4 Å². The minimum absolute atomic E-state index is 0.491. The van der Waals surface area contributed by atoms with E-state index in [-0.39, 0.29) is 0 Å². The summed E-state index contributed by atoms with van der Waals surface area (Å²) in [4.78, 5) is 0. The Bertz CT molecular complexity index is 320. The lowest BCUT2D eigenvalue weighted by Crippen LogP contribution is -1.97. The fourth-order valence-electron chi connectivity index (χ4n) is 0.770. The van der Waals surface area contributed by atoms with Crippen molar-refractivity contribution < 1.29 is 0 Å². The summed E-state index contributed by atoms with van der Waals surface area (Å²) >= 11 is 0. The van der Waals surface area contributed by atoms with Gasteiger partial charge in [0.25, 0.3) is 0 Å². The van der Waals surface area contributed by atoms with Gasteiger partial charge in [-0.1, -0.05) is 6.07 Å². The maximum absolute atomic E-state index is 5.59. The fourth-order valence-corrected chi connectivity index (χ4v) is 0.770. The lowest BCUT2D eigenvalue weighted by atomic mass is 10.1. The third-order valence-corrected chi connectivity index (χ3v) is 1.35. The van der Waals surface area contributed by atoms with E-state index in [1.54, 1.807) is 18.2 Å². The Labute approximate surface area is 65.2 Å². The lowest BCUT2D eigenvalue weighted by Gasteiger charge is -2.00. The molecular formula is C8H9N3. The quantitative estimate of drug-likeness (QED) is 0.277. The molecule has 0 heterocycles. The van der Waals surface area contributed by atoms with Gasteiger partial charge in [-0.05, 0) is 18.1 Å². The molecule has 6 N–H and O–H groups in total. The summed E-state index contributed by atoms with van der Waals surface area (Å²) in [7, 11) is 0. The maximum Gasteiger partial charge on any atom is 0.0707 e. The van der Waals surface area contributed by atoms with Crippen LogP contribution in [0.15, 0.2) is 18.2 Å². The van der Waals surface area contributed by atoms with Crippen LogP contribution in [-0.4, -0.2) is 0 Å². The minimum Gasteiger partial charge on any atom is -0.397 e. The summed E-state index contributed by atoms with van der Waals surface area (Å²) in [5, 5.41) is 0. The lowest BCUT2D eigenvalue weighted by molar-refractivity contribution is 1.60. The van der Waals surface area contributed by atoms with Gasteiger partial charge in [-0.15, -0.1) is 0 Å². The summed E-state index contributed by atoms with van der Waals surface area (Å²) in [6.45, 7) is 0. The van der Waals surface area contributed by atoms with E-state index in [0.717, 1.165) is 0 Å². The highest BCUT2D eigenvalue weighted by molar-refractivity contribution is 5.71. The average Bonchev–Trinajstić information content (AvgIpc) is 1.99. The van der Waals surface area contributed by atoms with Crippen molar-refractivity contribution in [3.63, 3.8) is 0 Å². The zero-order valence-electron chi connectivity index (χ0n) is 5.96. The van der Waals surface area contributed by atoms with Gasteiger partial charge in [0, 0.05) is 6.04 Å². The first-order valence-corrected chi connectivity index (χ1v) is 3.11. The maximum atomic E-state index is 5.59. The molecule has 0 aliphatic heterocycles. The van der Waals surface area contributed by atoms with Crippen molar-refractivity contribution in [2.24, 2.45) is 5.73 Å². The summed E-state index contributed by atoms with van der Waals surface area (Å²) < 4.78 is 0. The summed E-state index contributed by atoms with van der Waals surface area (Å²) in [6, 6.07) is 7.54. The predicted molar refractivity (Wildman–Crippen MR) is 46.3 cm³/mol. The third kappa shape index (κ3) is 1.36. The van der Waals surface area contributed by atoms with Crippen molar-refractivity contribution in [1.82, 2.24) is 0 Å². The normalized spacial score (nSPS) is 8.36. The summed E-state index contributed by atoms with van der Waals surface area (Å²) in [6.07, 6.45) is 0. The zero-order chi connectivity index (χ0) is 8.27. The molecule has 0 aliphatic rings. The van der Waals surface area contributed by atoms with Crippen molar-refractivity contribution in [3.8, 4) is 12.0 Å². The average molecular weight is 147 g/mol. The van der Waals surface area contributed by atoms with E-state index in [9.17, 15) is 0 Å². The highest BCUT2D eigenvalue weighted by atomic mass is 14.7. The van der Waals surface area contributed by atoms with Gasteiger partial charge in [-0.3, -0.25) is 0 Å². The molecule has 0 saturated heterocycles. The minimum atomic E-state index is 0.491. The van der Waals surface area contributed by atoms with Crippen molar-refractivity contribution in [2.45, 2.75) is 0 Å². The second kappa shape index (κ2) is 2.84. The number of hydrogen-bond donors (Lipinski definition) is 3. The largest absolute Gasteiger partial charge is 0.397 e. The van der Waals surface area contributed by atoms with Crippen LogP contribution in [0, 0.1) is 12.0 Å². The number of nitrogens with two attached hydrogens (primary N) is 3. The molecule has 0 amide bonds. The van der Waals surface area contributed by atoms with Gasteiger partial charge in [0.2, 0.25) is 0 Å². The molecule has 0 atom stereocenters. The molecule has 3 heteroatoms. The molecule has 0 aliphatic carbocycles. The molecule has 0 unspecified atom stereocenters. The standard InChI is InChI=1S/C8H9N3/c9-5-4-6-2-1-3-7(10)8(6)11/h1-3H,9-11H2.